The van der Waals surface area contributed by atoms with Gasteiger partial charge in [0.15, 0.2) is 0 Å². The number of aromatic nitrogens is 3. The lowest BCUT2D eigenvalue weighted by Gasteiger charge is -2.28. The summed E-state index contributed by atoms with van der Waals surface area (Å²) in [6.07, 6.45) is 9.69. The molecule has 0 saturated heterocycles. The Morgan fingerprint density at radius 2 is 1.15 bits per heavy atom. The van der Waals surface area contributed by atoms with Crippen molar-refractivity contribution in [2.24, 2.45) is 0 Å². The average Bonchev–Trinajstić information content (AvgIpc) is 3.92. The van der Waals surface area contributed by atoms with Gasteiger partial charge in [0.05, 0.1) is 28.5 Å². The van der Waals surface area contributed by atoms with Gasteiger partial charge in [0.25, 0.3) is 23.6 Å². The third-order valence-electron chi connectivity index (χ3n) is 11.4. The highest BCUT2D eigenvalue weighted by Gasteiger charge is 2.37. The molecule has 0 unspecified atom stereocenters. The Kier molecular flexibility index (Phi) is 7.09. The Morgan fingerprint density at radius 1 is 0.596 bits per heavy atom. The summed E-state index contributed by atoms with van der Waals surface area (Å²) in [5, 5.41) is 10.4. The van der Waals surface area contributed by atoms with Gasteiger partial charge < -0.3 is 15.2 Å². The summed E-state index contributed by atoms with van der Waals surface area (Å²) in [7, 11) is 0. The first-order valence-electron chi connectivity index (χ1n) is 18.1. The van der Waals surface area contributed by atoms with Crippen molar-refractivity contribution >= 4 is 56.2 Å². The Morgan fingerprint density at radius 3 is 1.79 bits per heavy atom. The first kappa shape index (κ1) is 31.0. The molecule has 2 aliphatic carbocycles. The van der Waals surface area contributed by atoms with Crippen molar-refractivity contribution in [1.82, 2.24) is 35.0 Å². The number of aryl methyl sites for hydroxylation is 4. The SMILES string of the molecule is O=C1c2ccc3c4c(ccc(c24)C(=O)N1CCNCCCNCCN1C(=O)c2ccc4c5c(c(-n6ccc7ncncc76)cc(c25)C1=O)CC4)CC3. The van der Waals surface area contributed by atoms with Crippen molar-refractivity contribution in [3.8, 4) is 5.69 Å². The second-order valence-corrected chi connectivity index (χ2v) is 14.1. The molecule has 4 aliphatic rings. The molecule has 4 amide bonds. The topological polar surface area (TPSA) is 130 Å². The normalized spacial score (nSPS) is 15.8. The lowest BCUT2D eigenvalue weighted by molar-refractivity contribution is 0.0597. The number of carbonyl (C=O) groups excluding carboxylic acids is 4. The summed E-state index contributed by atoms with van der Waals surface area (Å²) in [5.41, 5.74) is 9.74. The van der Waals surface area contributed by atoms with E-state index in [1.807, 2.05) is 54.7 Å². The fraction of sp³-hybridized carbons (Fsp3) is 0.268. The predicted octanol–water partition coefficient (Wildman–Crippen LogP) is 4.39. The molecule has 4 aromatic carbocycles. The quantitative estimate of drug-likeness (QED) is 0.152. The van der Waals surface area contributed by atoms with E-state index in [2.05, 4.69) is 25.2 Å². The van der Waals surface area contributed by atoms with E-state index >= 15 is 0 Å². The van der Waals surface area contributed by atoms with Gasteiger partial charge in [-0.05, 0) is 109 Å². The molecule has 0 radical (unpaired) electrons. The minimum atomic E-state index is -0.278. The third-order valence-corrected chi connectivity index (χ3v) is 11.4. The van der Waals surface area contributed by atoms with Gasteiger partial charge in [-0.1, -0.05) is 18.2 Å². The lowest BCUT2D eigenvalue weighted by atomic mass is 9.90. The summed E-state index contributed by atoms with van der Waals surface area (Å²) < 4.78 is 2.05. The number of imide groups is 2. The highest BCUT2D eigenvalue weighted by atomic mass is 16.2. The van der Waals surface area contributed by atoms with Gasteiger partial charge in [0.1, 0.15) is 6.33 Å². The van der Waals surface area contributed by atoms with E-state index in [4.69, 9.17) is 0 Å². The van der Waals surface area contributed by atoms with Crippen molar-refractivity contribution in [1.29, 1.82) is 0 Å². The van der Waals surface area contributed by atoms with Crippen molar-refractivity contribution in [3.05, 3.63) is 112 Å². The van der Waals surface area contributed by atoms with Crippen LogP contribution >= 0.6 is 0 Å². The maximum absolute atomic E-state index is 14.0. The highest BCUT2D eigenvalue weighted by molar-refractivity contribution is 6.27. The molecule has 0 spiro atoms. The van der Waals surface area contributed by atoms with Crippen molar-refractivity contribution < 1.29 is 19.2 Å². The number of nitrogens with one attached hydrogen (secondary N) is 2. The molecule has 0 bridgehead atoms. The Hall–Kier alpha value is -5.78. The molecule has 6 aromatic rings. The van der Waals surface area contributed by atoms with E-state index < -0.39 is 0 Å². The number of hydrogen-bond acceptors (Lipinski definition) is 8. The molecule has 2 aliphatic heterocycles. The van der Waals surface area contributed by atoms with Crippen LogP contribution in [0.5, 0.6) is 0 Å². The number of hydrogen-bond donors (Lipinski definition) is 2. The molecule has 0 atom stereocenters. The van der Waals surface area contributed by atoms with E-state index in [9.17, 15) is 19.2 Å². The van der Waals surface area contributed by atoms with Gasteiger partial charge >= 0.3 is 0 Å². The zero-order valence-corrected chi connectivity index (χ0v) is 28.5. The second-order valence-electron chi connectivity index (χ2n) is 14.1. The Labute approximate surface area is 298 Å². The summed E-state index contributed by atoms with van der Waals surface area (Å²) in [4.78, 5) is 65.7. The number of benzene rings is 4. The van der Waals surface area contributed by atoms with E-state index in [1.54, 1.807) is 6.20 Å². The van der Waals surface area contributed by atoms with Gasteiger partial charge in [0.2, 0.25) is 0 Å². The third kappa shape index (κ3) is 4.52. The van der Waals surface area contributed by atoms with Crippen LogP contribution in [0.15, 0.2) is 67.3 Å². The molecule has 2 N–H and O–H groups in total. The maximum Gasteiger partial charge on any atom is 0.261 e. The predicted molar refractivity (Wildman–Crippen MR) is 196 cm³/mol. The fourth-order valence-corrected chi connectivity index (χ4v) is 8.89. The zero-order chi connectivity index (χ0) is 35.1. The second kappa shape index (κ2) is 11.9. The van der Waals surface area contributed by atoms with Crippen LogP contribution in [0.4, 0.5) is 0 Å². The van der Waals surface area contributed by atoms with E-state index in [0.717, 1.165) is 75.9 Å². The minimum Gasteiger partial charge on any atom is -0.315 e. The summed E-state index contributed by atoms with van der Waals surface area (Å²) in [6, 6.07) is 15.6. The Bertz CT molecular complexity index is 2510. The molecule has 11 heteroatoms. The van der Waals surface area contributed by atoms with Gasteiger partial charge in [-0.25, -0.2) is 9.97 Å². The monoisotopic (exact) mass is 689 g/mol. The van der Waals surface area contributed by atoms with Crippen LogP contribution < -0.4 is 10.6 Å². The molecule has 10 rings (SSSR count). The largest absolute Gasteiger partial charge is 0.315 e. The fourth-order valence-electron chi connectivity index (χ4n) is 8.89. The molecule has 0 fully saturated rings. The molecule has 11 nitrogen and oxygen atoms in total. The van der Waals surface area contributed by atoms with Crippen LogP contribution in [-0.4, -0.2) is 87.2 Å². The Balaban J connectivity index is 0.757. The van der Waals surface area contributed by atoms with Crippen LogP contribution in [0.1, 0.15) is 70.1 Å². The number of nitrogens with zero attached hydrogens (tertiary/aromatic N) is 5. The summed E-state index contributed by atoms with van der Waals surface area (Å²) >= 11 is 0. The van der Waals surface area contributed by atoms with Crippen LogP contribution in [0.3, 0.4) is 0 Å². The summed E-state index contributed by atoms with van der Waals surface area (Å²) in [6.45, 7) is 2.86. The van der Waals surface area contributed by atoms with E-state index in [-0.39, 0.29) is 30.2 Å². The molecule has 0 saturated carbocycles. The number of amides is 4. The molecule has 258 valence electrons. The first-order valence-corrected chi connectivity index (χ1v) is 18.1. The molecule has 4 heterocycles. The summed E-state index contributed by atoms with van der Waals surface area (Å²) in [5.74, 6) is -0.989. The molecular weight excluding hydrogens is 654 g/mol. The molecule has 2 aromatic heterocycles. The number of rotatable bonds is 11. The van der Waals surface area contributed by atoms with Crippen molar-refractivity contribution in [3.63, 3.8) is 0 Å². The minimum absolute atomic E-state index is 0.227. The zero-order valence-electron chi connectivity index (χ0n) is 28.5. The lowest BCUT2D eigenvalue weighted by Crippen LogP contribution is -2.44. The van der Waals surface area contributed by atoms with E-state index in [1.165, 1.54) is 32.8 Å². The van der Waals surface area contributed by atoms with Crippen molar-refractivity contribution in [2.75, 3.05) is 39.3 Å². The average molecular weight is 690 g/mol. The van der Waals surface area contributed by atoms with Crippen molar-refractivity contribution in [2.45, 2.75) is 32.1 Å². The van der Waals surface area contributed by atoms with Gasteiger partial charge in [0, 0.05) is 59.8 Å². The maximum atomic E-state index is 14.0. The number of fused-ring (bicyclic) bond motifs is 1. The van der Waals surface area contributed by atoms with E-state index in [0.29, 0.717) is 55.0 Å². The van der Waals surface area contributed by atoms with Crippen LogP contribution in [0.25, 0.3) is 38.3 Å². The van der Waals surface area contributed by atoms with Gasteiger partial charge in [-0.15, -0.1) is 0 Å². The number of carbonyl (C=O) groups is 4. The highest BCUT2D eigenvalue weighted by Crippen LogP contribution is 2.42. The standard InChI is InChI=1S/C41H35N7O4/c49-38-27-9-5-23-2-3-24-6-10-28(36(27)34(23)24)39(50)47(38)18-15-42-13-1-14-43-16-19-48-40(51)29-11-7-25-4-8-26-32(20-30(41(48)52)37(29)35(25)26)46-17-12-31-33(46)21-44-22-45-31/h5-7,9-12,17,20-22,42-43H,1-4,8,13-16,18-19H2. The molecule has 52 heavy (non-hydrogen) atoms. The molecular formula is C41H35N7O4. The van der Waals surface area contributed by atoms with Gasteiger partial charge in [-0.3, -0.25) is 29.0 Å². The van der Waals surface area contributed by atoms with Crippen LogP contribution in [-0.2, 0) is 25.7 Å². The van der Waals surface area contributed by atoms with Crippen LogP contribution in [0, 0.1) is 0 Å². The van der Waals surface area contributed by atoms with Gasteiger partial charge in [-0.2, -0.15) is 0 Å². The van der Waals surface area contributed by atoms with Crippen LogP contribution in [0.2, 0.25) is 0 Å². The first-order chi connectivity index (χ1) is 25.5. The smallest absolute Gasteiger partial charge is 0.261 e.